The Bertz CT molecular complexity index is 541. The summed E-state index contributed by atoms with van der Waals surface area (Å²) in [5.74, 6) is 5.35. The molecule has 1 aromatic rings. The third-order valence-corrected chi connectivity index (χ3v) is 5.15. The summed E-state index contributed by atoms with van der Waals surface area (Å²) in [4.78, 5) is 2.48. The molecule has 0 radical (unpaired) electrons. The lowest BCUT2D eigenvalue weighted by atomic mass is 10.3. The first-order valence-electron chi connectivity index (χ1n) is 6.84. The van der Waals surface area contributed by atoms with E-state index in [1.54, 1.807) is 18.2 Å². The fourth-order valence-corrected chi connectivity index (χ4v) is 3.73. The Kier molecular flexibility index (Phi) is 4.98. The van der Waals surface area contributed by atoms with E-state index in [0.29, 0.717) is 12.2 Å². The van der Waals surface area contributed by atoms with Crippen LogP contribution in [0, 0.1) is 0 Å². The Labute approximate surface area is 120 Å². The average Bonchev–Trinajstić information content (AvgIpc) is 2.99. The molecule has 1 fully saturated rings. The van der Waals surface area contributed by atoms with Gasteiger partial charge in [-0.25, -0.2) is 13.1 Å². The van der Waals surface area contributed by atoms with Gasteiger partial charge in [-0.05, 0) is 45.0 Å². The van der Waals surface area contributed by atoms with Crippen LogP contribution >= 0.6 is 0 Å². The molecule has 20 heavy (non-hydrogen) atoms. The van der Waals surface area contributed by atoms with Crippen molar-refractivity contribution in [3.63, 3.8) is 0 Å². The van der Waals surface area contributed by atoms with Crippen molar-refractivity contribution in [2.45, 2.75) is 30.7 Å². The largest absolute Gasteiger partial charge is 0.323 e. The van der Waals surface area contributed by atoms with Crippen LogP contribution in [0.2, 0.25) is 0 Å². The lowest BCUT2D eigenvalue weighted by molar-refractivity contribution is 0.260. The summed E-state index contributed by atoms with van der Waals surface area (Å²) in [7, 11) is -3.55. The number of nitrogen functional groups attached to an aromatic ring is 1. The molecular weight excluding hydrogens is 276 g/mol. The van der Waals surface area contributed by atoms with Crippen molar-refractivity contribution >= 4 is 15.7 Å². The van der Waals surface area contributed by atoms with Crippen LogP contribution in [0.4, 0.5) is 5.69 Å². The fraction of sp³-hybridized carbons (Fsp3) is 0.538. The van der Waals surface area contributed by atoms with E-state index in [1.807, 2.05) is 6.92 Å². The molecule has 1 atom stereocenters. The Morgan fingerprint density at radius 3 is 2.60 bits per heavy atom. The molecule has 0 saturated carbocycles. The minimum Gasteiger partial charge on any atom is -0.323 e. The second kappa shape index (κ2) is 6.53. The van der Waals surface area contributed by atoms with Crippen molar-refractivity contribution in [1.29, 1.82) is 0 Å². The number of nitrogens with one attached hydrogen (secondary N) is 2. The first-order chi connectivity index (χ1) is 9.54. The quantitative estimate of drug-likeness (QED) is 0.532. The number of benzene rings is 1. The Balaban J connectivity index is 2.03. The zero-order chi connectivity index (χ0) is 14.6. The van der Waals surface area contributed by atoms with Gasteiger partial charge in [0.25, 0.3) is 0 Å². The number of hydrazine groups is 1. The number of nitrogens with zero attached hydrogens (tertiary/aromatic N) is 1. The third-order valence-electron chi connectivity index (χ3n) is 3.66. The van der Waals surface area contributed by atoms with E-state index in [1.165, 1.54) is 18.9 Å². The van der Waals surface area contributed by atoms with Gasteiger partial charge in [0.05, 0.1) is 5.69 Å². The van der Waals surface area contributed by atoms with Crippen LogP contribution in [-0.4, -0.2) is 39.0 Å². The summed E-state index contributed by atoms with van der Waals surface area (Å²) >= 11 is 0. The summed E-state index contributed by atoms with van der Waals surface area (Å²) in [6.07, 6.45) is 2.38. The topological polar surface area (TPSA) is 87.5 Å². The van der Waals surface area contributed by atoms with Gasteiger partial charge in [-0.2, -0.15) is 0 Å². The first kappa shape index (κ1) is 15.2. The molecule has 6 nitrogen and oxygen atoms in total. The standard InChI is InChI=1S/C13H22N4O2S/c1-11(17-8-4-5-9-17)10-15-20(18,19)13-7-3-2-6-12(13)16-14/h2-3,6-7,11,15-16H,4-5,8-10,14H2,1H3. The zero-order valence-electron chi connectivity index (χ0n) is 11.7. The molecule has 7 heteroatoms. The monoisotopic (exact) mass is 298 g/mol. The second-order valence-corrected chi connectivity index (χ2v) is 6.82. The van der Waals surface area contributed by atoms with Gasteiger partial charge in [0.1, 0.15) is 4.90 Å². The fourth-order valence-electron chi connectivity index (χ4n) is 2.44. The van der Waals surface area contributed by atoms with Gasteiger partial charge in [-0.3, -0.25) is 10.7 Å². The van der Waals surface area contributed by atoms with Crippen molar-refractivity contribution in [3.05, 3.63) is 24.3 Å². The van der Waals surface area contributed by atoms with E-state index in [2.05, 4.69) is 15.0 Å². The Morgan fingerprint density at radius 2 is 1.95 bits per heavy atom. The molecule has 1 aliphatic heterocycles. The van der Waals surface area contributed by atoms with Crippen LogP contribution in [0.1, 0.15) is 19.8 Å². The smallest absolute Gasteiger partial charge is 0.242 e. The highest BCUT2D eigenvalue weighted by Gasteiger charge is 2.22. The number of rotatable bonds is 6. The Hall–Kier alpha value is -1.15. The Morgan fingerprint density at radius 1 is 1.30 bits per heavy atom. The summed E-state index contributed by atoms with van der Waals surface area (Å²) in [5.41, 5.74) is 2.81. The van der Waals surface area contributed by atoms with Crippen molar-refractivity contribution in [2.75, 3.05) is 25.1 Å². The number of likely N-dealkylation sites (tertiary alicyclic amines) is 1. The van der Waals surface area contributed by atoms with Gasteiger partial charge in [-0.15, -0.1) is 0 Å². The maximum atomic E-state index is 12.3. The molecule has 0 aliphatic carbocycles. The summed E-state index contributed by atoms with van der Waals surface area (Å²) in [6.45, 7) is 4.54. The van der Waals surface area contributed by atoms with E-state index in [4.69, 9.17) is 5.84 Å². The summed E-state index contributed by atoms with van der Waals surface area (Å²) in [5, 5.41) is 0. The molecular formula is C13H22N4O2S. The number of hydrogen-bond acceptors (Lipinski definition) is 5. The zero-order valence-corrected chi connectivity index (χ0v) is 12.5. The first-order valence-corrected chi connectivity index (χ1v) is 8.32. The van der Waals surface area contributed by atoms with Crippen molar-refractivity contribution < 1.29 is 8.42 Å². The third kappa shape index (κ3) is 3.49. The van der Waals surface area contributed by atoms with E-state index >= 15 is 0 Å². The lowest BCUT2D eigenvalue weighted by Crippen LogP contribution is -2.40. The van der Waals surface area contributed by atoms with Gasteiger partial charge in [0.15, 0.2) is 0 Å². The molecule has 1 aromatic carbocycles. The number of nitrogens with two attached hydrogens (primary N) is 1. The van der Waals surface area contributed by atoms with E-state index in [9.17, 15) is 8.42 Å². The minimum absolute atomic E-state index is 0.177. The number of para-hydroxylation sites is 1. The highest BCUT2D eigenvalue weighted by atomic mass is 32.2. The molecule has 1 aliphatic rings. The maximum Gasteiger partial charge on any atom is 0.242 e. The van der Waals surface area contributed by atoms with Crippen LogP contribution < -0.4 is 16.0 Å². The predicted octanol–water partition coefficient (Wildman–Crippen LogP) is 0.735. The van der Waals surface area contributed by atoms with Crippen molar-refractivity contribution in [3.8, 4) is 0 Å². The van der Waals surface area contributed by atoms with Crippen LogP contribution in [0.3, 0.4) is 0 Å². The molecule has 1 unspecified atom stereocenters. The normalized spacial score (nSPS) is 18.1. The van der Waals surface area contributed by atoms with Gasteiger partial charge < -0.3 is 5.43 Å². The van der Waals surface area contributed by atoms with Crippen LogP contribution in [0.5, 0.6) is 0 Å². The minimum atomic E-state index is -3.55. The van der Waals surface area contributed by atoms with Crippen molar-refractivity contribution in [1.82, 2.24) is 9.62 Å². The summed E-state index contributed by atoms with van der Waals surface area (Å²) in [6, 6.07) is 6.79. The van der Waals surface area contributed by atoms with Gasteiger partial charge in [0, 0.05) is 12.6 Å². The molecule has 0 amide bonds. The molecule has 4 N–H and O–H groups in total. The molecule has 0 aromatic heterocycles. The molecule has 112 valence electrons. The SMILES string of the molecule is CC(CNS(=O)(=O)c1ccccc1NN)N1CCCC1. The van der Waals surface area contributed by atoms with E-state index in [-0.39, 0.29) is 10.9 Å². The molecule has 0 spiro atoms. The molecule has 0 bridgehead atoms. The van der Waals surface area contributed by atoms with Crippen molar-refractivity contribution in [2.24, 2.45) is 5.84 Å². The molecule has 2 rings (SSSR count). The van der Waals surface area contributed by atoms with E-state index < -0.39 is 10.0 Å². The lowest BCUT2D eigenvalue weighted by Gasteiger charge is -2.24. The second-order valence-electron chi connectivity index (χ2n) is 5.08. The maximum absolute atomic E-state index is 12.3. The highest BCUT2D eigenvalue weighted by Crippen LogP contribution is 2.19. The number of hydrogen-bond donors (Lipinski definition) is 3. The van der Waals surface area contributed by atoms with Crippen LogP contribution in [-0.2, 0) is 10.0 Å². The highest BCUT2D eigenvalue weighted by molar-refractivity contribution is 7.89. The number of sulfonamides is 1. The average molecular weight is 298 g/mol. The van der Waals surface area contributed by atoms with Crippen LogP contribution in [0.25, 0.3) is 0 Å². The van der Waals surface area contributed by atoms with Gasteiger partial charge in [0.2, 0.25) is 10.0 Å². The van der Waals surface area contributed by atoms with Gasteiger partial charge in [-0.1, -0.05) is 12.1 Å². The predicted molar refractivity (Wildman–Crippen MR) is 79.7 cm³/mol. The molecule has 1 saturated heterocycles. The van der Waals surface area contributed by atoms with E-state index in [0.717, 1.165) is 13.1 Å². The van der Waals surface area contributed by atoms with Gasteiger partial charge >= 0.3 is 0 Å². The summed E-state index contributed by atoms with van der Waals surface area (Å²) < 4.78 is 27.3. The molecule has 1 heterocycles. The van der Waals surface area contributed by atoms with Crippen LogP contribution in [0.15, 0.2) is 29.2 Å². The number of anilines is 1.